The number of imidazole rings is 1. The van der Waals surface area contributed by atoms with Gasteiger partial charge in [0.05, 0.1) is 12.9 Å². The van der Waals surface area contributed by atoms with Crippen molar-refractivity contribution in [3.05, 3.63) is 12.7 Å². The zero-order chi connectivity index (χ0) is 26.0. The van der Waals surface area contributed by atoms with Gasteiger partial charge in [-0.3, -0.25) is 9.09 Å². The van der Waals surface area contributed by atoms with Gasteiger partial charge in [0, 0.05) is 13.0 Å². The summed E-state index contributed by atoms with van der Waals surface area (Å²) in [7, 11) is -16.0. The Morgan fingerprint density at radius 2 is 1.86 bits per heavy atom. The molecular weight excluding hydrogens is 537 g/mol. The lowest BCUT2D eigenvalue weighted by Crippen LogP contribution is -2.33. The van der Waals surface area contributed by atoms with Crippen LogP contribution < -0.4 is 10.8 Å². The number of nitrogens with two attached hydrogens (primary N) is 1. The van der Waals surface area contributed by atoms with E-state index in [0.29, 0.717) is 0 Å². The van der Waals surface area contributed by atoms with E-state index in [9.17, 15) is 38.6 Å². The van der Waals surface area contributed by atoms with Gasteiger partial charge in [-0.05, 0) is 0 Å². The van der Waals surface area contributed by atoms with E-state index in [4.69, 9.17) is 16.9 Å². The summed E-state index contributed by atoms with van der Waals surface area (Å²) < 4.78 is 54.9. The number of hydrogen-bond donors (Lipinski definition) is 7. The molecule has 21 heteroatoms. The van der Waals surface area contributed by atoms with Crippen molar-refractivity contribution < 1.29 is 56.5 Å². The molecule has 3 rings (SSSR count). The predicted molar refractivity (Wildman–Crippen MR) is 115 cm³/mol. The van der Waals surface area contributed by atoms with Crippen molar-refractivity contribution in [3.8, 4) is 12.3 Å². The lowest BCUT2D eigenvalue weighted by molar-refractivity contribution is -0.0503. The summed E-state index contributed by atoms with van der Waals surface area (Å²) in [6.07, 6.45) is 1.32. The fraction of sp³-hybridized carbons (Fsp3) is 0.500. The van der Waals surface area contributed by atoms with E-state index in [2.05, 4.69) is 34.0 Å². The number of nitrogen functional groups attached to an aromatic ring is 1. The first-order valence-corrected chi connectivity index (χ1v) is 14.0. The lowest BCUT2D eigenvalue weighted by Gasteiger charge is -2.20. The number of ether oxygens (including phenoxy) is 1. The molecule has 0 spiro atoms. The van der Waals surface area contributed by atoms with Crippen LogP contribution in [0.4, 0.5) is 5.82 Å². The number of fused-ring (bicyclic) bond motifs is 1. The highest BCUT2D eigenvalue weighted by Gasteiger charge is 2.47. The Bertz CT molecular complexity index is 1250. The van der Waals surface area contributed by atoms with E-state index < -0.39 is 54.5 Å². The second-order valence-corrected chi connectivity index (χ2v) is 11.7. The van der Waals surface area contributed by atoms with Gasteiger partial charge in [0.25, 0.3) is 0 Å². The molecule has 0 radical (unpaired) electrons. The van der Waals surface area contributed by atoms with Crippen LogP contribution in [0.5, 0.6) is 0 Å². The predicted octanol–water partition coefficient (Wildman–Crippen LogP) is -1.01. The Morgan fingerprint density at radius 3 is 2.54 bits per heavy atom. The van der Waals surface area contributed by atoms with E-state index in [1.165, 1.54) is 10.9 Å². The molecule has 0 aromatic carbocycles. The molecule has 35 heavy (non-hydrogen) atoms. The molecule has 0 bridgehead atoms. The lowest BCUT2D eigenvalue weighted by atomic mass is 10.1. The number of anilines is 1. The van der Waals surface area contributed by atoms with E-state index in [1.54, 1.807) is 0 Å². The first-order valence-electron chi connectivity index (χ1n) is 9.44. The van der Waals surface area contributed by atoms with Crippen molar-refractivity contribution in [2.24, 2.45) is 0 Å². The molecule has 0 aliphatic carbocycles. The smallest absolute Gasteiger partial charge is 0.387 e. The van der Waals surface area contributed by atoms with Crippen molar-refractivity contribution in [1.82, 2.24) is 24.6 Å². The summed E-state index contributed by atoms with van der Waals surface area (Å²) >= 11 is 0. The molecule has 18 nitrogen and oxygen atoms in total. The summed E-state index contributed by atoms with van der Waals surface area (Å²) in [5.74, 6) is 2.18. The van der Waals surface area contributed by atoms with Crippen molar-refractivity contribution in [2.75, 3.05) is 18.9 Å². The van der Waals surface area contributed by atoms with Crippen molar-refractivity contribution in [2.45, 2.75) is 31.0 Å². The highest BCUT2D eigenvalue weighted by atomic mass is 31.3. The quantitative estimate of drug-likeness (QED) is 0.0988. The first-order chi connectivity index (χ1) is 16.3. The number of phosphoric ester groups is 1. The average molecular weight is 558 g/mol. The van der Waals surface area contributed by atoms with Crippen molar-refractivity contribution in [3.63, 3.8) is 0 Å². The molecule has 3 heterocycles. The van der Waals surface area contributed by atoms with Crippen LogP contribution in [0.1, 0.15) is 12.6 Å². The van der Waals surface area contributed by atoms with Gasteiger partial charge < -0.3 is 35.4 Å². The molecule has 3 unspecified atom stereocenters. The second-order valence-electron chi connectivity index (χ2n) is 6.91. The summed E-state index contributed by atoms with van der Waals surface area (Å²) in [4.78, 5) is 40.5. The SMILES string of the molecule is C#CCCNP(=O)(O)OP(=O)(O)OP(=O)(O)OC[C@H]1O[C@@H](n2cnc3c(N)ncnc32)[C@H](O)[C@@H]1O. The van der Waals surface area contributed by atoms with Gasteiger partial charge in [-0.1, -0.05) is 0 Å². The van der Waals surface area contributed by atoms with Gasteiger partial charge in [0.2, 0.25) is 0 Å². The van der Waals surface area contributed by atoms with Crippen LogP contribution in [0.2, 0.25) is 0 Å². The molecule has 1 saturated heterocycles. The Kier molecular flexibility index (Phi) is 8.47. The number of hydrogen-bond acceptors (Lipinski definition) is 13. The number of aliphatic hydroxyl groups is 2. The summed E-state index contributed by atoms with van der Waals surface area (Å²) in [5, 5.41) is 22.5. The Labute approximate surface area is 196 Å². The first kappa shape index (κ1) is 27.8. The minimum absolute atomic E-state index is 0.0299. The largest absolute Gasteiger partial charge is 0.489 e. The molecule has 1 aliphatic heterocycles. The van der Waals surface area contributed by atoms with Gasteiger partial charge in [-0.2, -0.15) is 8.62 Å². The second kappa shape index (κ2) is 10.7. The highest BCUT2D eigenvalue weighted by Crippen LogP contribution is 2.66. The average Bonchev–Trinajstić information content (AvgIpc) is 3.27. The van der Waals surface area contributed by atoms with Crippen LogP contribution in [0.25, 0.3) is 11.2 Å². The minimum Gasteiger partial charge on any atom is -0.387 e. The Balaban J connectivity index is 1.62. The fourth-order valence-electron chi connectivity index (χ4n) is 2.93. The topological polar surface area (TPSA) is 271 Å². The van der Waals surface area contributed by atoms with Crippen molar-refractivity contribution in [1.29, 1.82) is 0 Å². The molecule has 2 aromatic heterocycles. The third-order valence-corrected chi connectivity index (χ3v) is 8.86. The molecule has 194 valence electrons. The van der Waals surface area contributed by atoms with Crippen molar-refractivity contribution >= 4 is 40.4 Å². The van der Waals surface area contributed by atoms with Crippen LogP contribution in [0, 0.1) is 12.3 Å². The number of nitrogens with zero attached hydrogens (tertiary/aromatic N) is 4. The molecule has 1 fully saturated rings. The van der Waals surface area contributed by atoms with Crippen LogP contribution >= 0.6 is 23.4 Å². The van der Waals surface area contributed by atoms with Gasteiger partial charge in [-0.25, -0.2) is 33.7 Å². The van der Waals surface area contributed by atoms with Crippen LogP contribution in [-0.4, -0.2) is 75.9 Å². The van der Waals surface area contributed by atoms with Gasteiger partial charge >= 0.3 is 23.4 Å². The normalized spacial score (nSPS) is 27.7. The number of aliphatic hydroxyl groups excluding tert-OH is 2. The third-order valence-electron chi connectivity index (χ3n) is 4.40. The molecule has 1 aliphatic rings. The standard InChI is InChI=1S/C14H21N6O12P3/c1-2-3-4-19-33(23,24)31-35(27,28)32-34(25,26)29-5-8-10(21)11(22)14(30-8)20-7-18-9-12(15)16-6-17-13(9)20/h1,6-8,10-11,14,21-22H,3-5H2,(H,25,26)(H,27,28)(H2,15,16,17)(H2,19,23,24)/t8-,10-,11-,14-/m1/s1. The van der Waals surface area contributed by atoms with Crippen LogP contribution in [-0.2, 0) is 31.6 Å². The van der Waals surface area contributed by atoms with Crippen LogP contribution in [0.15, 0.2) is 12.7 Å². The van der Waals surface area contributed by atoms with Gasteiger partial charge in [0.1, 0.15) is 30.2 Å². The zero-order valence-electron chi connectivity index (χ0n) is 17.5. The fourth-order valence-corrected chi connectivity index (χ4v) is 6.63. The maximum atomic E-state index is 12.1. The molecule has 8 N–H and O–H groups in total. The number of terminal acetylenes is 1. The number of nitrogens with one attached hydrogen (secondary N) is 1. The Hall–Kier alpha value is -1.80. The Morgan fingerprint density at radius 1 is 1.14 bits per heavy atom. The third kappa shape index (κ3) is 6.91. The number of aromatic nitrogens is 4. The van der Waals surface area contributed by atoms with Crippen LogP contribution in [0.3, 0.4) is 0 Å². The van der Waals surface area contributed by atoms with Gasteiger partial charge in [-0.15, -0.1) is 12.3 Å². The summed E-state index contributed by atoms with van der Waals surface area (Å²) in [6.45, 7) is -1.20. The van der Waals surface area contributed by atoms with E-state index in [1.807, 2.05) is 5.09 Å². The molecule has 0 amide bonds. The summed E-state index contributed by atoms with van der Waals surface area (Å²) in [5.41, 5.74) is 6.06. The highest BCUT2D eigenvalue weighted by molar-refractivity contribution is 7.67. The van der Waals surface area contributed by atoms with E-state index in [0.717, 1.165) is 6.33 Å². The molecule has 2 aromatic rings. The molecular formula is C14H21N6O12P3. The molecule has 7 atom stereocenters. The summed E-state index contributed by atoms with van der Waals surface area (Å²) in [6, 6.07) is 0. The van der Waals surface area contributed by atoms with E-state index in [-0.39, 0.29) is 29.9 Å². The zero-order valence-corrected chi connectivity index (χ0v) is 20.1. The monoisotopic (exact) mass is 558 g/mol. The maximum absolute atomic E-state index is 12.1. The minimum atomic E-state index is -5.61. The number of phosphoric acid groups is 2. The van der Waals surface area contributed by atoms with E-state index >= 15 is 0 Å². The molecule has 0 saturated carbocycles. The number of rotatable bonds is 11. The van der Waals surface area contributed by atoms with Gasteiger partial charge in [0.15, 0.2) is 17.7 Å². The maximum Gasteiger partial charge on any atom is 0.489 e.